The molecule has 13 heteroatoms. The molecule has 0 spiro atoms. The van der Waals surface area contributed by atoms with Gasteiger partial charge in [-0.3, -0.25) is 19.5 Å². The summed E-state index contributed by atoms with van der Waals surface area (Å²) >= 11 is 0. The van der Waals surface area contributed by atoms with E-state index < -0.39 is 64.6 Å². The molecule has 0 saturated heterocycles. The van der Waals surface area contributed by atoms with Gasteiger partial charge in [-0.05, 0) is 35.9 Å². The van der Waals surface area contributed by atoms with Crippen LogP contribution in [0, 0.1) is 11.6 Å². The molecule has 0 bridgehead atoms. The first kappa shape index (κ1) is 23.8. The second-order valence-electron chi connectivity index (χ2n) is 6.44. The zero-order valence-corrected chi connectivity index (χ0v) is 16.1. The molecule has 0 aliphatic heterocycles. The van der Waals surface area contributed by atoms with Crippen molar-refractivity contribution in [1.82, 2.24) is 14.9 Å². The van der Waals surface area contributed by atoms with E-state index in [2.05, 4.69) is 14.7 Å². The van der Waals surface area contributed by atoms with E-state index in [1.165, 1.54) is 0 Å². The summed E-state index contributed by atoms with van der Waals surface area (Å²) < 4.78 is 97.8. The maximum Gasteiger partial charge on any atom is 0.573 e. The van der Waals surface area contributed by atoms with Crippen molar-refractivity contribution in [3.63, 3.8) is 0 Å². The lowest BCUT2D eigenvalue weighted by molar-refractivity contribution is -0.275. The van der Waals surface area contributed by atoms with Crippen LogP contribution in [-0.2, 0) is 0 Å². The Morgan fingerprint density at radius 3 is 2.33 bits per heavy atom. The number of halogens is 7. The molecule has 0 fully saturated rings. The topological polar surface area (TPSA) is 75.3 Å². The van der Waals surface area contributed by atoms with Gasteiger partial charge < -0.3 is 9.72 Å². The molecular formula is C20H12F7N3O3. The smallest absolute Gasteiger partial charge is 0.403 e. The SMILES string of the molecule is O=C(c1ccc(=O)[nH]c1)N(C(F)F)[C@@H](c1ccc(OC(F)(F)F)c(F)c1)c1ncccc1F. The van der Waals surface area contributed by atoms with Crippen molar-refractivity contribution in [3.05, 3.63) is 93.7 Å². The van der Waals surface area contributed by atoms with Crippen molar-refractivity contribution >= 4 is 5.91 Å². The molecule has 1 N–H and O–H groups in total. The fourth-order valence-electron chi connectivity index (χ4n) is 2.96. The van der Waals surface area contributed by atoms with E-state index in [1.807, 2.05) is 0 Å². The summed E-state index contributed by atoms with van der Waals surface area (Å²) in [5.74, 6) is -5.40. The number of benzene rings is 1. The van der Waals surface area contributed by atoms with Gasteiger partial charge in [0.2, 0.25) is 5.56 Å². The molecule has 0 unspecified atom stereocenters. The van der Waals surface area contributed by atoms with Gasteiger partial charge in [0.15, 0.2) is 11.6 Å². The lowest BCUT2D eigenvalue weighted by Gasteiger charge is -2.31. The first-order chi connectivity index (χ1) is 15.5. The van der Waals surface area contributed by atoms with Gasteiger partial charge in [-0.15, -0.1) is 13.2 Å². The van der Waals surface area contributed by atoms with Crippen LogP contribution in [0.1, 0.15) is 27.7 Å². The highest BCUT2D eigenvalue weighted by Gasteiger charge is 2.37. The molecule has 174 valence electrons. The van der Waals surface area contributed by atoms with Crippen LogP contribution in [0.25, 0.3) is 0 Å². The van der Waals surface area contributed by atoms with E-state index in [-0.39, 0.29) is 4.90 Å². The molecule has 0 aliphatic rings. The zero-order chi connectivity index (χ0) is 24.3. The minimum absolute atomic E-state index is 0.141. The van der Waals surface area contributed by atoms with Crippen LogP contribution in [0.4, 0.5) is 30.7 Å². The van der Waals surface area contributed by atoms with E-state index in [0.717, 1.165) is 42.7 Å². The van der Waals surface area contributed by atoms with Crippen LogP contribution in [0.5, 0.6) is 5.75 Å². The predicted molar refractivity (Wildman–Crippen MR) is 98.4 cm³/mol. The van der Waals surface area contributed by atoms with Crippen molar-refractivity contribution in [2.24, 2.45) is 0 Å². The molecule has 1 atom stereocenters. The number of carbonyl (C=O) groups is 1. The summed E-state index contributed by atoms with van der Waals surface area (Å²) in [7, 11) is 0. The highest BCUT2D eigenvalue weighted by Crippen LogP contribution is 2.35. The van der Waals surface area contributed by atoms with Crippen LogP contribution in [0.15, 0.2) is 59.7 Å². The Hall–Kier alpha value is -3.90. The molecule has 1 aromatic carbocycles. The lowest BCUT2D eigenvalue weighted by atomic mass is 9.99. The first-order valence-electron chi connectivity index (χ1n) is 8.93. The zero-order valence-electron chi connectivity index (χ0n) is 16.1. The van der Waals surface area contributed by atoms with Gasteiger partial charge in [0.25, 0.3) is 5.91 Å². The number of aromatic amines is 1. The fraction of sp³-hybridized carbons (Fsp3) is 0.150. The van der Waals surface area contributed by atoms with Crippen molar-refractivity contribution in [2.75, 3.05) is 0 Å². The van der Waals surface area contributed by atoms with Gasteiger partial charge >= 0.3 is 12.9 Å². The van der Waals surface area contributed by atoms with Crippen LogP contribution in [0.2, 0.25) is 0 Å². The number of hydrogen-bond acceptors (Lipinski definition) is 4. The Bertz CT molecular complexity index is 1190. The maximum absolute atomic E-state index is 14.5. The Morgan fingerprint density at radius 1 is 1.06 bits per heavy atom. The Balaban J connectivity index is 2.16. The van der Waals surface area contributed by atoms with Gasteiger partial charge in [-0.2, -0.15) is 8.78 Å². The third kappa shape index (κ3) is 5.48. The molecule has 3 aromatic rings. The van der Waals surface area contributed by atoms with Crippen molar-refractivity contribution < 1.29 is 40.3 Å². The lowest BCUT2D eigenvalue weighted by Crippen LogP contribution is -2.40. The quantitative estimate of drug-likeness (QED) is 0.424. The number of aromatic nitrogens is 2. The molecule has 33 heavy (non-hydrogen) atoms. The molecule has 0 radical (unpaired) electrons. The van der Waals surface area contributed by atoms with E-state index >= 15 is 0 Å². The third-order valence-corrected chi connectivity index (χ3v) is 4.30. The van der Waals surface area contributed by atoms with E-state index in [4.69, 9.17) is 0 Å². The fourth-order valence-corrected chi connectivity index (χ4v) is 2.96. The van der Waals surface area contributed by atoms with Crippen molar-refractivity contribution in [3.8, 4) is 5.75 Å². The van der Waals surface area contributed by atoms with Crippen LogP contribution in [0.3, 0.4) is 0 Å². The minimum Gasteiger partial charge on any atom is -0.403 e. The molecule has 2 aromatic heterocycles. The summed E-state index contributed by atoms with van der Waals surface area (Å²) in [6.45, 7) is -3.59. The minimum atomic E-state index is -5.23. The van der Waals surface area contributed by atoms with E-state index in [0.29, 0.717) is 12.1 Å². The third-order valence-electron chi connectivity index (χ3n) is 4.30. The molecule has 0 aliphatic carbocycles. The van der Waals surface area contributed by atoms with Crippen LogP contribution < -0.4 is 10.3 Å². The number of nitrogens with zero attached hydrogens (tertiary/aromatic N) is 2. The van der Waals surface area contributed by atoms with E-state index in [9.17, 15) is 40.3 Å². The number of carbonyl (C=O) groups excluding carboxylic acids is 1. The second kappa shape index (κ2) is 9.30. The number of alkyl halides is 5. The number of rotatable bonds is 6. The average molecular weight is 475 g/mol. The molecule has 0 saturated carbocycles. The van der Waals surface area contributed by atoms with Gasteiger partial charge in [0, 0.05) is 18.5 Å². The number of hydrogen-bond donors (Lipinski definition) is 1. The number of amides is 1. The predicted octanol–water partition coefficient (Wildman–Crippen LogP) is 4.40. The number of nitrogens with one attached hydrogen (secondary N) is 1. The summed E-state index contributed by atoms with van der Waals surface area (Å²) in [6, 6.07) is 3.40. The van der Waals surface area contributed by atoms with Gasteiger partial charge in [-0.1, -0.05) is 6.07 Å². The number of H-pyrrole nitrogens is 1. The first-order valence-corrected chi connectivity index (χ1v) is 8.93. The summed E-state index contributed by atoms with van der Waals surface area (Å²) in [4.78, 5) is 29.7. The highest BCUT2D eigenvalue weighted by atomic mass is 19.4. The maximum atomic E-state index is 14.5. The Morgan fingerprint density at radius 2 is 1.79 bits per heavy atom. The molecule has 3 rings (SSSR count). The number of pyridine rings is 2. The molecule has 1 amide bonds. The molecule has 2 heterocycles. The summed E-state index contributed by atoms with van der Waals surface area (Å²) in [6.07, 6.45) is -3.37. The average Bonchev–Trinajstić information content (AvgIpc) is 2.73. The van der Waals surface area contributed by atoms with Crippen LogP contribution >= 0.6 is 0 Å². The van der Waals surface area contributed by atoms with Crippen LogP contribution in [-0.4, -0.2) is 33.7 Å². The van der Waals surface area contributed by atoms with E-state index in [1.54, 1.807) is 0 Å². The molecule has 6 nitrogen and oxygen atoms in total. The van der Waals surface area contributed by atoms with Crippen molar-refractivity contribution in [2.45, 2.75) is 19.0 Å². The highest BCUT2D eigenvalue weighted by molar-refractivity contribution is 5.94. The van der Waals surface area contributed by atoms with Crippen molar-refractivity contribution in [1.29, 1.82) is 0 Å². The van der Waals surface area contributed by atoms with Gasteiger partial charge in [-0.25, -0.2) is 8.78 Å². The monoisotopic (exact) mass is 475 g/mol. The normalized spacial score (nSPS) is 12.5. The summed E-state index contributed by atoms with van der Waals surface area (Å²) in [5, 5.41) is 0. The largest absolute Gasteiger partial charge is 0.573 e. The Kier molecular flexibility index (Phi) is 6.70. The standard InChI is InChI=1S/C20H12F7N3O3/c21-12-2-1-7-28-16(12)17(10-3-5-14(13(22)8-10)33-20(25,26)27)30(19(23)24)18(32)11-4-6-15(31)29-9-11/h1-9,17,19H,(H,29,31)/t17-/m0/s1. The van der Waals surface area contributed by atoms with Gasteiger partial charge in [0.1, 0.15) is 17.6 Å². The Labute approximate surface area is 180 Å². The second-order valence-corrected chi connectivity index (χ2v) is 6.44. The number of ether oxygens (including phenoxy) is 1. The molecular weight excluding hydrogens is 463 g/mol. The summed E-state index contributed by atoms with van der Waals surface area (Å²) in [5.41, 5.74) is -2.30. The van der Waals surface area contributed by atoms with Gasteiger partial charge in [0.05, 0.1) is 5.56 Å².